The summed E-state index contributed by atoms with van der Waals surface area (Å²) in [6.07, 6.45) is 1.96. The SMILES string of the molecule is CCOc1ccc(C(=O)CSc2nc3cc(C(=O)NCC4CCCO4)ccc3c(=O)n2Cc2ccccc2)cc1. The Morgan fingerprint density at radius 1 is 1.07 bits per heavy atom. The van der Waals surface area contributed by atoms with Crippen molar-refractivity contribution < 1.29 is 19.1 Å². The Bertz CT molecular complexity index is 1550. The van der Waals surface area contributed by atoms with Crippen molar-refractivity contribution in [3.63, 3.8) is 0 Å². The third-order valence-electron chi connectivity index (χ3n) is 6.70. The van der Waals surface area contributed by atoms with E-state index in [1.165, 1.54) is 11.8 Å². The zero-order valence-corrected chi connectivity index (χ0v) is 23.1. The normalized spacial score (nSPS) is 14.8. The lowest BCUT2D eigenvalue weighted by atomic mass is 10.1. The van der Waals surface area contributed by atoms with Gasteiger partial charge in [-0.15, -0.1) is 0 Å². The van der Waals surface area contributed by atoms with Crippen LogP contribution in [0.1, 0.15) is 46.0 Å². The van der Waals surface area contributed by atoms with Gasteiger partial charge in [0.05, 0.1) is 35.9 Å². The van der Waals surface area contributed by atoms with E-state index in [0.29, 0.717) is 52.6 Å². The zero-order chi connectivity index (χ0) is 27.9. The van der Waals surface area contributed by atoms with E-state index in [-0.39, 0.29) is 29.1 Å². The van der Waals surface area contributed by atoms with E-state index in [2.05, 4.69) is 5.32 Å². The molecule has 1 atom stereocenters. The minimum Gasteiger partial charge on any atom is -0.494 e. The molecule has 0 saturated carbocycles. The first-order valence-corrected chi connectivity index (χ1v) is 14.4. The molecule has 2 heterocycles. The van der Waals surface area contributed by atoms with Crippen LogP contribution in [-0.4, -0.2) is 52.9 Å². The number of ether oxygens (including phenoxy) is 2. The number of amides is 1. The Kier molecular flexibility index (Phi) is 8.93. The number of ketones is 1. The number of carbonyl (C=O) groups excluding carboxylic acids is 2. The maximum atomic E-state index is 13.6. The van der Waals surface area contributed by atoms with Crippen LogP contribution in [-0.2, 0) is 11.3 Å². The van der Waals surface area contributed by atoms with E-state index in [0.717, 1.165) is 25.0 Å². The monoisotopic (exact) mass is 557 g/mol. The molecule has 206 valence electrons. The van der Waals surface area contributed by atoms with Crippen LogP contribution in [0.25, 0.3) is 10.9 Å². The van der Waals surface area contributed by atoms with Crippen molar-refractivity contribution in [2.45, 2.75) is 37.6 Å². The number of benzene rings is 3. The van der Waals surface area contributed by atoms with E-state index in [1.807, 2.05) is 37.3 Å². The number of fused-ring (bicyclic) bond motifs is 1. The molecule has 1 aliphatic rings. The van der Waals surface area contributed by atoms with Gasteiger partial charge in [-0.2, -0.15) is 0 Å². The average Bonchev–Trinajstić information content (AvgIpc) is 3.51. The van der Waals surface area contributed by atoms with Gasteiger partial charge in [-0.05, 0) is 67.8 Å². The molecule has 0 bridgehead atoms. The Morgan fingerprint density at radius 2 is 1.85 bits per heavy atom. The van der Waals surface area contributed by atoms with Crippen LogP contribution in [0.4, 0.5) is 0 Å². The lowest BCUT2D eigenvalue weighted by Crippen LogP contribution is -2.31. The molecule has 40 heavy (non-hydrogen) atoms. The average molecular weight is 558 g/mol. The molecule has 3 aromatic carbocycles. The molecule has 8 nitrogen and oxygen atoms in total. The largest absolute Gasteiger partial charge is 0.494 e. The molecule has 5 rings (SSSR count). The van der Waals surface area contributed by atoms with Crippen LogP contribution >= 0.6 is 11.8 Å². The number of aromatic nitrogens is 2. The first-order chi connectivity index (χ1) is 19.5. The van der Waals surface area contributed by atoms with Gasteiger partial charge >= 0.3 is 0 Å². The second-order valence-electron chi connectivity index (χ2n) is 9.52. The number of rotatable bonds is 11. The van der Waals surface area contributed by atoms with E-state index in [9.17, 15) is 14.4 Å². The zero-order valence-electron chi connectivity index (χ0n) is 22.3. The topological polar surface area (TPSA) is 99.5 Å². The van der Waals surface area contributed by atoms with Gasteiger partial charge in [0, 0.05) is 24.3 Å². The first kappa shape index (κ1) is 27.6. The van der Waals surface area contributed by atoms with Crippen LogP contribution in [0, 0.1) is 0 Å². The lowest BCUT2D eigenvalue weighted by Gasteiger charge is -2.14. The summed E-state index contributed by atoms with van der Waals surface area (Å²) in [6, 6.07) is 21.6. The molecule has 1 saturated heterocycles. The maximum Gasteiger partial charge on any atom is 0.262 e. The fourth-order valence-corrected chi connectivity index (χ4v) is 5.48. The molecule has 1 aliphatic heterocycles. The highest BCUT2D eigenvalue weighted by molar-refractivity contribution is 7.99. The number of nitrogens with one attached hydrogen (secondary N) is 1. The van der Waals surface area contributed by atoms with Crippen LogP contribution in [0.15, 0.2) is 82.7 Å². The number of thioether (sulfide) groups is 1. The van der Waals surface area contributed by atoms with Crippen molar-refractivity contribution >= 4 is 34.4 Å². The molecule has 1 aromatic heterocycles. The molecule has 0 radical (unpaired) electrons. The van der Waals surface area contributed by atoms with Gasteiger partial charge in [0.15, 0.2) is 10.9 Å². The fourth-order valence-electron chi connectivity index (χ4n) is 4.59. The van der Waals surface area contributed by atoms with Crippen LogP contribution in [0.2, 0.25) is 0 Å². The molecular weight excluding hydrogens is 526 g/mol. The van der Waals surface area contributed by atoms with Crippen molar-refractivity contribution in [3.05, 3.63) is 99.8 Å². The number of carbonyl (C=O) groups is 2. The van der Waals surface area contributed by atoms with Crippen molar-refractivity contribution in [1.29, 1.82) is 0 Å². The third-order valence-corrected chi connectivity index (χ3v) is 7.68. The molecule has 1 unspecified atom stereocenters. The van der Waals surface area contributed by atoms with E-state index in [4.69, 9.17) is 14.5 Å². The summed E-state index contributed by atoms with van der Waals surface area (Å²) in [6.45, 7) is 3.93. The highest BCUT2D eigenvalue weighted by atomic mass is 32.2. The van der Waals surface area contributed by atoms with Gasteiger partial charge in [-0.3, -0.25) is 19.0 Å². The molecule has 0 spiro atoms. The Labute approximate surface area is 236 Å². The Hall–Kier alpha value is -3.95. The van der Waals surface area contributed by atoms with Crippen molar-refractivity contribution in [3.8, 4) is 5.75 Å². The second-order valence-corrected chi connectivity index (χ2v) is 10.5. The maximum absolute atomic E-state index is 13.6. The summed E-state index contributed by atoms with van der Waals surface area (Å²) in [4.78, 5) is 44.2. The molecular formula is C31H31N3O5S. The quantitative estimate of drug-likeness (QED) is 0.162. The number of hydrogen-bond acceptors (Lipinski definition) is 7. The van der Waals surface area contributed by atoms with Gasteiger partial charge in [0.2, 0.25) is 0 Å². The first-order valence-electron chi connectivity index (χ1n) is 13.4. The van der Waals surface area contributed by atoms with Crippen molar-refractivity contribution in [2.24, 2.45) is 0 Å². The predicted molar refractivity (Wildman–Crippen MR) is 156 cm³/mol. The van der Waals surface area contributed by atoms with Gasteiger partial charge in [-0.25, -0.2) is 4.98 Å². The van der Waals surface area contributed by atoms with E-state index in [1.54, 1.807) is 47.0 Å². The summed E-state index contributed by atoms with van der Waals surface area (Å²) in [7, 11) is 0. The van der Waals surface area contributed by atoms with E-state index >= 15 is 0 Å². The highest BCUT2D eigenvalue weighted by Crippen LogP contribution is 2.22. The molecule has 9 heteroatoms. The fraction of sp³-hybridized carbons (Fsp3) is 0.290. The van der Waals surface area contributed by atoms with Crippen LogP contribution in [0.5, 0.6) is 5.75 Å². The van der Waals surface area contributed by atoms with Gasteiger partial charge < -0.3 is 14.8 Å². The number of Topliss-reactive ketones (excluding diaryl/α,β-unsaturated/α-hetero) is 1. The number of hydrogen-bond donors (Lipinski definition) is 1. The lowest BCUT2D eigenvalue weighted by molar-refractivity contribution is 0.0857. The minimum absolute atomic E-state index is 0.0311. The van der Waals surface area contributed by atoms with Crippen molar-refractivity contribution in [1.82, 2.24) is 14.9 Å². The predicted octanol–water partition coefficient (Wildman–Crippen LogP) is 4.73. The molecule has 1 fully saturated rings. The standard InChI is InChI=1S/C31H31N3O5S/c1-2-38-24-13-10-22(11-14-24)28(35)20-40-31-33-27-17-23(29(36)32-18-25-9-6-16-39-25)12-15-26(27)30(37)34(31)19-21-7-4-3-5-8-21/h3-5,7-8,10-15,17,25H,2,6,9,16,18-20H2,1H3,(H,32,36). The molecule has 1 amide bonds. The summed E-state index contributed by atoms with van der Waals surface area (Å²) in [5, 5.41) is 3.74. The van der Waals surface area contributed by atoms with Crippen LogP contribution < -0.4 is 15.6 Å². The third kappa shape index (κ3) is 6.60. The van der Waals surface area contributed by atoms with Crippen LogP contribution in [0.3, 0.4) is 0 Å². The molecule has 0 aliphatic carbocycles. The summed E-state index contributed by atoms with van der Waals surface area (Å²) in [5.74, 6) is 0.473. The van der Waals surface area contributed by atoms with Gasteiger partial charge in [0.1, 0.15) is 5.75 Å². The second kappa shape index (κ2) is 12.9. The van der Waals surface area contributed by atoms with Crippen molar-refractivity contribution in [2.75, 3.05) is 25.5 Å². The van der Waals surface area contributed by atoms with Gasteiger partial charge in [-0.1, -0.05) is 42.1 Å². The smallest absolute Gasteiger partial charge is 0.262 e. The highest BCUT2D eigenvalue weighted by Gasteiger charge is 2.19. The molecule has 1 N–H and O–H groups in total. The number of nitrogens with zero attached hydrogens (tertiary/aromatic N) is 2. The Morgan fingerprint density at radius 3 is 2.58 bits per heavy atom. The van der Waals surface area contributed by atoms with Gasteiger partial charge in [0.25, 0.3) is 11.5 Å². The summed E-state index contributed by atoms with van der Waals surface area (Å²) in [5.41, 5.74) is 2.10. The summed E-state index contributed by atoms with van der Waals surface area (Å²) >= 11 is 1.21. The minimum atomic E-state index is -0.243. The molecule has 4 aromatic rings. The van der Waals surface area contributed by atoms with E-state index < -0.39 is 0 Å². The Balaban J connectivity index is 1.41. The summed E-state index contributed by atoms with van der Waals surface area (Å²) < 4.78 is 12.6.